The summed E-state index contributed by atoms with van der Waals surface area (Å²) in [6, 6.07) is 6.87. The van der Waals surface area contributed by atoms with E-state index in [0.717, 1.165) is 15.1 Å². The van der Waals surface area contributed by atoms with E-state index in [4.69, 9.17) is 21.1 Å². The molecule has 4 nitrogen and oxygen atoms in total. The summed E-state index contributed by atoms with van der Waals surface area (Å²) in [7, 11) is 0. The number of halogens is 1. The molecule has 0 saturated heterocycles. The fourth-order valence-corrected chi connectivity index (χ4v) is 3.50. The fourth-order valence-electron chi connectivity index (χ4n) is 2.35. The molecule has 2 aliphatic heterocycles. The topological polar surface area (TPSA) is 48.4 Å². The SMILES string of the molecule is CC1(C)Oc2cc3nc4cc(Cl)c(=O)cc-4sc3cc2O1. The molecule has 21 heavy (non-hydrogen) atoms. The summed E-state index contributed by atoms with van der Waals surface area (Å²) in [6.45, 7) is 3.71. The zero-order valence-corrected chi connectivity index (χ0v) is 12.8. The van der Waals surface area contributed by atoms with Gasteiger partial charge in [-0.25, -0.2) is 4.98 Å². The molecule has 0 aromatic heterocycles. The van der Waals surface area contributed by atoms with Gasteiger partial charge in [0.05, 0.1) is 25.8 Å². The van der Waals surface area contributed by atoms with Gasteiger partial charge in [-0.3, -0.25) is 4.79 Å². The zero-order chi connectivity index (χ0) is 14.8. The minimum Gasteiger partial charge on any atom is -0.449 e. The lowest BCUT2D eigenvalue weighted by Crippen LogP contribution is -2.29. The molecule has 0 radical (unpaired) electrons. The van der Waals surface area contributed by atoms with Crippen molar-refractivity contribution in [1.82, 2.24) is 4.98 Å². The number of aromatic nitrogens is 1. The van der Waals surface area contributed by atoms with Crippen LogP contribution in [0.5, 0.6) is 11.5 Å². The number of nitrogens with zero attached hydrogens (tertiary/aromatic N) is 1. The molecule has 3 aliphatic rings. The molecule has 1 aromatic carbocycles. The number of ether oxygens (including phenoxy) is 2. The Balaban J connectivity index is 2.01. The Kier molecular flexibility index (Phi) is 2.50. The van der Waals surface area contributed by atoms with Crippen LogP contribution in [0.1, 0.15) is 13.8 Å². The first-order valence-corrected chi connectivity index (χ1v) is 7.57. The third kappa shape index (κ3) is 2.04. The Morgan fingerprint density at radius 2 is 1.86 bits per heavy atom. The van der Waals surface area contributed by atoms with E-state index >= 15 is 0 Å². The second-order valence-electron chi connectivity index (χ2n) is 5.33. The zero-order valence-electron chi connectivity index (χ0n) is 11.3. The molecule has 0 amide bonds. The Labute approximate surface area is 129 Å². The van der Waals surface area contributed by atoms with E-state index in [-0.39, 0.29) is 10.5 Å². The molecule has 0 unspecified atom stereocenters. The number of hydrogen-bond donors (Lipinski definition) is 0. The summed E-state index contributed by atoms with van der Waals surface area (Å²) in [5.74, 6) is 0.703. The van der Waals surface area contributed by atoms with Crippen LogP contribution in [0.25, 0.3) is 20.8 Å². The van der Waals surface area contributed by atoms with E-state index in [1.807, 2.05) is 26.0 Å². The van der Waals surface area contributed by atoms with Gasteiger partial charge in [-0.1, -0.05) is 11.6 Å². The number of hydrogen-bond acceptors (Lipinski definition) is 5. The van der Waals surface area contributed by atoms with E-state index in [2.05, 4.69) is 4.98 Å². The normalized spacial score (nSPS) is 15.8. The lowest BCUT2D eigenvalue weighted by Gasteiger charge is -2.16. The third-order valence-corrected chi connectivity index (χ3v) is 4.60. The van der Waals surface area contributed by atoms with Crippen molar-refractivity contribution in [2.75, 3.05) is 0 Å². The maximum atomic E-state index is 11.6. The third-order valence-electron chi connectivity index (χ3n) is 3.21. The van der Waals surface area contributed by atoms with Crippen molar-refractivity contribution < 1.29 is 9.47 Å². The van der Waals surface area contributed by atoms with Crippen LogP contribution in [-0.2, 0) is 0 Å². The highest BCUT2D eigenvalue weighted by atomic mass is 35.5. The van der Waals surface area contributed by atoms with Crippen LogP contribution < -0.4 is 14.9 Å². The van der Waals surface area contributed by atoms with E-state index in [1.165, 1.54) is 17.4 Å². The largest absolute Gasteiger partial charge is 0.449 e. The summed E-state index contributed by atoms with van der Waals surface area (Å²) < 4.78 is 12.4. The van der Waals surface area contributed by atoms with Gasteiger partial charge >= 0.3 is 0 Å². The minimum absolute atomic E-state index is 0.184. The van der Waals surface area contributed by atoms with Gasteiger partial charge in [-0.05, 0) is 6.07 Å². The molecule has 106 valence electrons. The highest BCUT2D eigenvalue weighted by Gasteiger charge is 2.32. The molecule has 2 heterocycles. The smallest absolute Gasteiger partial charge is 0.246 e. The van der Waals surface area contributed by atoms with Gasteiger partial charge in [0.15, 0.2) is 16.9 Å². The Morgan fingerprint density at radius 3 is 2.62 bits per heavy atom. The summed E-state index contributed by atoms with van der Waals surface area (Å²) >= 11 is 7.36. The van der Waals surface area contributed by atoms with Gasteiger partial charge in [-0.2, -0.15) is 0 Å². The molecule has 6 heteroatoms. The molecule has 0 atom stereocenters. The van der Waals surface area contributed by atoms with Crippen molar-refractivity contribution in [2.45, 2.75) is 19.6 Å². The van der Waals surface area contributed by atoms with Crippen molar-refractivity contribution in [3.05, 3.63) is 39.5 Å². The molecule has 0 saturated carbocycles. The minimum atomic E-state index is -0.671. The average molecular weight is 320 g/mol. The Bertz CT molecular complexity index is 919. The van der Waals surface area contributed by atoms with Crippen molar-refractivity contribution in [1.29, 1.82) is 0 Å². The van der Waals surface area contributed by atoms with E-state index in [1.54, 1.807) is 6.07 Å². The van der Waals surface area contributed by atoms with Gasteiger partial charge in [0, 0.05) is 32.0 Å². The van der Waals surface area contributed by atoms with Crippen LogP contribution >= 0.6 is 22.9 Å². The lowest BCUT2D eigenvalue weighted by atomic mass is 10.2. The van der Waals surface area contributed by atoms with E-state index < -0.39 is 5.79 Å². The number of fused-ring (bicyclic) bond motifs is 3. The van der Waals surface area contributed by atoms with E-state index in [0.29, 0.717) is 17.2 Å². The Morgan fingerprint density at radius 1 is 1.14 bits per heavy atom. The molecule has 0 fully saturated rings. The number of rotatable bonds is 0. The summed E-state index contributed by atoms with van der Waals surface area (Å²) in [5, 5.41) is 0.184. The molecule has 4 rings (SSSR count). The summed E-state index contributed by atoms with van der Waals surface area (Å²) in [6.07, 6.45) is 0. The highest BCUT2D eigenvalue weighted by molar-refractivity contribution is 7.21. The molecule has 0 bridgehead atoms. The first kappa shape index (κ1) is 12.9. The quantitative estimate of drug-likeness (QED) is 0.589. The second-order valence-corrected chi connectivity index (χ2v) is 6.83. The molecule has 1 aromatic rings. The summed E-state index contributed by atoms with van der Waals surface area (Å²) in [5.41, 5.74) is 1.31. The van der Waals surface area contributed by atoms with Crippen molar-refractivity contribution in [3.8, 4) is 22.1 Å². The molecule has 1 aliphatic carbocycles. The van der Waals surface area contributed by atoms with Crippen molar-refractivity contribution in [3.63, 3.8) is 0 Å². The van der Waals surface area contributed by atoms with Crippen LogP contribution in [0, 0.1) is 0 Å². The maximum absolute atomic E-state index is 11.6. The van der Waals surface area contributed by atoms with E-state index in [9.17, 15) is 4.79 Å². The van der Waals surface area contributed by atoms with Crippen molar-refractivity contribution in [2.24, 2.45) is 0 Å². The van der Waals surface area contributed by atoms with Crippen LogP contribution in [0.3, 0.4) is 0 Å². The predicted molar refractivity (Wildman–Crippen MR) is 82.9 cm³/mol. The standard InChI is InChI=1S/C15H10ClNO3S/c1-15(2)19-11-4-9-14(6-12(11)20-15)21-13-5-10(18)7(16)3-8(13)17-9/h3-6H,1-2H3. The first-order chi connectivity index (χ1) is 9.91. The lowest BCUT2D eigenvalue weighted by molar-refractivity contribution is -0.0431. The predicted octanol–water partition coefficient (Wildman–Crippen LogP) is 3.92. The van der Waals surface area contributed by atoms with Crippen LogP contribution in [0.15, 0.2) is 29.1 Å². The van der Waals surface area contributed by atoms with Gasteiger partial charge in [0.2, 0.25) is 5.79 Å². The molecular weight excluding hydrogens is 310 g/mol. The van der Waals surface area contributed by atoms with Gasteiger partial charge in [0.1, 0.15) is 0 Å². The van der Waals surface area contributed by atoms with Crippen LogP contribution in [-0.4, -0.2) is 10.8 Å². The molecule has 0 spiro atoms. The number of benzene rings is 2. The maximum Gasteiger partial charge on any atom is 0.246 e. The highest BCUT2D eigenvalue weighted by Crippen LogP contribution is 2.43. The van der Waals surface area contributed by atoms with Gasteiger partial charge in [0.25, 0.3) is 0 Å². The average Bonchev–Trinajstić information content (AvgIpc) is 2.68. The van der Waals surface area contributed by atoms with Crippen LogP contribution in [0.4, 0.5) is 0 Å². The van der Waals surface area contributed by atoms with Gasteiger partial charge in [-0.15, -0.1) is 11.3 Å². The van der Waals surface area contributed by atoms with Crippen LogP contribution in [0.2, 0.25) is 5.02 Å². The fraction of sp³-hybridized carbons (Fsp3) is 0.200. The van der Waals surface area contributed by atoms with Crippen molar-refractivity contribution >= 4 is 33.2 Å². The Hall–Kier alpha value is -1.85. The molecule has 0 N–H and O–H groups in total. The molecular formula is C15H10ClNO3S. The second kappa shape index (κ2) is 4.08. The van der Waals surface area contributed by atoms with Gasteiger partial charge < -0.3 is 9.47 Å². The first-order valence-electron chi connectivity index (χ1n) is 6.37. The summed E-state index contributed by atoms with van der Waals surface area (Å²) in [4.78, 5) is 17.0. The monoisotopic (exact) mass is 319 g/mol.